The van der Waals surface area contributed by atoms with Crippen LogP contribution in [0, 0.1) is 6.92 Å². The van der Waals surface area contributed by atoms with Crippen LogP contribution < -0.4 is 10.1 Å². The molecule has 1 rings (SSSR count). The van der Waals surface area contributed by atoms with Gasteiger partial charge in [-0.1, -0.05) is 0 Å². The van der Waals surface area contributed by atoms with Crippen LogP contribution in [0.25, 0.3) is 0 Å². The number of rotatable bonds is 5. The molecule has 90 valence electrons. The summed E-state index contributed by atoms with van der Waals surface area (Å²) in [5, 5.41) is 3.43. The predicted molar refractivity (Wildman–Crippen MR) is 66.8 cm³/mol. The Hall–Kier alpha value is -1.09. The molecule has 0 unspecified atom stereocenters. The highest BCUT2D eigenvalue weighted by atomic mass is 16.5. The second-order valence-electron chi connectivity index (χ2n) is 4.97. The number of nitrogens with one attached hydrogen (secondary N) is 1. The minimum atomic E-state index is 0.185. The lowest BCUT2D eigenvalue weighted by Gasteiger charge is -2.20. The van der Waals surface area contributed by atoms with E-state index >= 15 is 0 Å². The highest BCUT2D eigenvalue weighted by Gasteiger charge is 2.07. The van der Waals surface area contributed by atoms with Gasteiger partial charge in [-0.2, -0.15) is 0 Å². The lowest BCUT2D eigenvalue weighted by molar-refractivity contribution is 0.295. The number of hydrogen-bond donors (Lipinski definition) is 1. The molecule has 0 bridgehead atoms. The van der Waals surface area contributed by atoms with E-state index in [9.17, 15) is 0 Å². The van der Waals surface area contributed by atoms with Crippen LogP contribution in [-0.4, -0.2) is 23.7 Å². The zero-order chi connectivity index (χ0) is 12.0. The SMILES string of the molecule is Cc1ncccc1OCCCNC(C)(C)C. The third-order valence-electron chi connectivity index (χ3n) is 2.19. The predicted octanol–water partition coefficient (Wildman–Crippen LogP) is 2.55. The van der Waals surface area contributed by atoms with Gasteiger partial charge >= 0.3 is 0 Å². The second kappa shape index (κ2) is 5.85. The molecule has 0 saturated heterocycles. The molecule has 1 heterocycles. The average Bonchev–Trinajstić information content (AvgIpc) is 2.18. The van der Waals surface area contributed by atoms with Crippen molar-refractivity contribution in [3.05, 3.63) is 24.0 Å². The normalized spacial score (nSPS) is 11.5. The van der Waals surface area contributed by atoms with Crippen molar-refractivity contribution in [3.8, 4) is 5.75 Å². The highest BCUT2D eigenvalue weighted by molar-refractivity contribution is 5.25. The molecule has 3 heteroatoms. The van der Waals surface area contributed by atoms with Crippen LogP contribution in [0.15, 0.2) is 18.3 Å². The first-order chi connectivity index (χ1) is 7.49. The van der Waals surface area contributed by atoms with E-state index in [0.717, 1.165) is 31.0 Å². The Kier molecular flexibility index (Phi) is 4.74. The third-order valence-corrected chi connectivity index (χ3v) is 2.19. The summed E-state index contributed by atoms with van der Waals surface area (Å²) in [6.07, 6.45) is 2.79. The molecule has 1 N–H and O–H groups in total. The number of hydrogen-bond acceptors (Lipinski definition) is 3. The summed E-state index contributed by atoms with van der Waals surface area (Å²) in [4.78, 5) is 4.18. The molecule has 0 aliphatic carbocycles. The van der Waals surface area contributed by atoms with Gasteiger partial charge in [0.1, 0.15) is 5.75 Å². The molecule has 0 amide bonds. The first-order valence-corrected chi connectivity index (χ1v) is 5.78. The zero-order valence-corrected chi connectivity index (χ0v) is 10.7. The van der Waals surface area contributed by atoms with Crippen molar-refractivity contribution in [1.82, 2.24) is 10.3 Å². The number of pyridine rings is 1. The smallest absolute Gasteiger partial charge is 0.140 e. The minimum Gasteiger partial charge on any atom is -0.492 e. The summed E-state index contributed by atoms with van der Waals surface area (Å²) in [5.74, 6) is 0.887. The Balaban J connectivity index is 2.19. The Morgan fingerprint density at radius 1 is 1.38 bits per heavy atom. The molecule has 3 nitrogen and oxygen atoms in total. The van der Waals surface area contributed by atoms with E-state index in [1.54, 1.807) is 6.20 Å². The van der Waals surface area contributed by atoms with Crippen LogP contribution in [0.5, 0.6) is 5.75 Å². The van der Waals surface area contributed by atoms with E-state index in [-0.39, 0.29) is 5.54 Å². The van der Waals surface area contributed by atoms with Crippen LogP contribution in [0.3, 0.4) is 0 Å². The van der Waals surface area contributed by atoms with Gasteiger partial charge in [-0.25, -0.2) is 0 Å². The maximum atomic E-state index is 5.65. The van der Waals surface area contributed by atoms with E-state index in [1.165, 1.54) is 0 Å². The first kappa shape index (κ1) is 13.0. The molecule has 0 radical (unpaired) electrons. The molecule has 0 aromatic carbocycles. The van der Waals surface area contributed by atoms with Gasteiger partial charge in [-0.15, -0.1) is 0 Å². The van der Waals surface area contributed by atoms with Gasteiger partial charge in [0.2, 0.25) is 0 Å². The topological polar surface area (TPSA) is 34.1 Å². The summed E-state index contributed by atoms with van der Waals surface area (Å²) in [5.41, 5.74) is 1.14. The van der Waals surface area contributed by atoms with Crippen molar-refractivity contribution < 1.29 is 4.74 Å². The lowest BCUT2D eigenvalue weighted by Crippen LogP contribution is -2.36. The fourth-order valence-corrected chi connectivity index (χ4v) is 1.34. The number of ether oxygens (including phenoxy) is 1. The van der Waals surface area contributed by atoms with E-state index in [0.29, 0.717) is 0 Å². The fourth-order valence-electron chi connectivity index (χ4n) is 1.34. The van der Waals surface area contributed by atoms with Crippen LogP contribution in [0.2, 0.25) is 0 Å². The average molecular weight is 222 g/mol. The van der Waals surface area contributed by atoms with E-state index < -0.39 is 0 Å². The fraction of sp³-hybridized carbons (Fsp3) is 0.615. The third kappa shape index (κ3) is 5.12. The molecule has 16 heavy (non-hydrogen) atoms. The summed E-state index contributed by atoms with van der Waals surface area (Å²) >= 11 is 0. The van der Waals surface area contributed by atoms with Crippen LogP contribution in [0.1, 0.15) is 32.9 Å². The number of nitrogens with zero attached hydrogens (tertiary/aromatic N) is 1. The maximum absolute atomic E-state index is 5.65. The van der Waals surface area contributed by atoms with Gasteiger partial charge in [-0.05, 0) is 52.8 Å². The standard InChI is InChI=1S/C13H22N2O/c1-11-12(7-5-8-14-11)16-10-6-9-15-13(2,3)4/h5,7-8,15H,6,9-10H2,1-4H3. The van der Waals surface area contributed by atoms with E-state index in [4.69, 9.17) is 4.74 Å². The molecular formula is C13H22N2O. The van der Waals surface area contributed by atoms with Crippen molar-refractivity contribution in [2.45, 2.75) is 39.7 Å². The molecule has 1 aromatic heterocycles. The molecule has 0 spiro atoms. The van der Waals surface area contributed by atoms with Crippen molar-refractivity contribution in [3.63, 3.8) is 0 Å². The van der Waals surface area contributed by atoms with Crippen molar-refractivity contribution in [1.29, 1.82) is 0 Å². The van der Waals surface area contributed by atoms with E-state index in [1.807, 2.05) is 19.1 Å². The van der Waals surface area contributed by atoms with Crippen LogP contribution in [0.4, 0.5) is 0 Å². The van der Waals surface area contributed by atoms with Crippen molar-refractivity contribution in [2.24, 2.45) is 0 Å². The van der Waals surface area contributed by atoms with Gasteiger partial charge in [0.05, 0.1) is 12.3 Å². The number of aromatic nitrogens is 1. The molecule has 0 atom stereocenters. The molecule has 0 aliphatic heterocycles. The Bertz CT molecular complexity index is 318. The zero-order valence-electron chi connectivity index (χ0n) is 10.7. The second-order valence-corrected chi connectivity index (χ2v) is 4.97. The van der Waals surface area contributed by atoms with Gasteiger partial charge in [-0.3, -0.25) is 4.98 Å². The molecule has 0 fully saturated rings. The Morgan fingerprint density at radius 2 is 2.12 bits per heavy atom. The summed E-state index contributed by atoms with van der Waals surface area (Å²) in [6, 6.07) is 3.86. The van der Waals surface area contributed by atoms with E-state index in [2.05, 4.69) is 31.1 Å². The molecular weight excluding hydrogens is 200 g/mol. The maximum Gasteiger partial charge on any atom is 0.140 e. The first-order valence-electron chi connectivity index (χ1n) is 5.78. The Labute approximate surface area is 98.2 Å². The quantitative estimate of drug-likeness (QED) is 0.777. The monoisotopic (exact) mass is 222 g/mol. The highest BCUT2D eigenvalue weighted by Crippen LogP contribution is 2.13. The molecule has 1 aromatic rings. The van der Waals surface area contributed by atoms with Gasteiger partial charge in [0.15, 0.2) is 0 Å². The van der Waals surface area contributed by atoms with Gasteiger partial charge in [0.25, 0.3) is 0 Å². The van der Waals surface area contributed by atoms with Crippen LogP contribution >= 0.6 is 0 Å². The molecule has 0 aliphatic rings. The lowest BCUT2D eigenvalue weighted by atomic mass is 10.1. The summed E-state index contributed by atoms with van der Waals surface area (Å²) in [7, 11) is 0. The number of aryl methyl sites for hydroxylation is 1. The minimum absolute atomic E-state index is 0.185. The van der Waals surface area contributed by atoms with Crippen molar-refractivity contribution >= 4 is 0 Å². The Morgan fingerprint density at radius 3 is 2.75 bits per heavy atom. The summed E-state index contributed by atoms with van der Waals surface area (Å²) < 4.78 is 5.65. The molecule has 0 saturated carbocycles. The summed E-state index contributed by atoms with van der Waals surface area (Å²) in [6.45, 7) is 10.2. The van der Waals surface area contributed by atoms with Gasteiger partial charge < -0.3 is 10.1 Å². The van der Waals surface area contributed by atoms with Crippen LogP contribution in [-0.2, 0) is 0 Å². The van der Waals surface area contributed by atoms with Gasteiger partial charge in [0, 0.05) is 11.7 Å². The largest absolute Gasteiger partial charge is 0.492 e. The van der Waals surface area contributed by atoms with Crippen molar-refractivity contribution in [2.75, 3.05) is 13.2 Å².